The van der Waals surface area contributed by atoms with E-state index in [0.29, 0.717) is 26.3 Å². The Morgan fingerprint density at radius 1 is 1.12 bits per heavy atom. The zero-order chi connectivity index (χ0) is 21.8. The number of benzene rings is 1. The Labute approximate surface area is 197 Å². The van der Waals surface area contributed by atoms with E-state index in [0.717, 1.165) is 43.3 Å². The quantitative estimate of drug-likeness (QED) is 0.623. The number of morpholine rings is 1. The summed E-state index contributed by atoms with van der Waals surface area (Å²) < 4.78 is 5.47. The molecule has 6 nitrogen and oxygen atoms in total. The summed E-state index contributed by atoms with van der Waals surface area (Å²) in [7, 11) is 0. The Bertz CT molecular complexity index is 1090. The summed E-state index contributed by atoms with van der Waals surface area (Å²) in [6.07, 6.45) is 3.33. The third-order valence-corrected chi connectivity index (χ3v) is 8.85. The molecule has 2 amide bonds. The SMILES string of the molecule is CC1=CCc2c1sc1c2CN(c2ccccc2Cl)CC2N(C(=O)N3CCOCC3)CCN12. The van der Waals surface area contributed by atoms with Crippen LogP contribution in [0.1, 0.15) is 22.9 Å². The second-order valence-electron chi connectivity index (χ2n) is 8.87. The third kappa shape index (κ3) is 3.21. The number of amides is 2. The fourth-order valence-electron chi connectivity index (χ4n) is 5.38. The van der Waals surface area contributed by atoms with Crippen molar-refractivity contribution in [3.8, 4) is 0 Å². The summed E-state index contributed by atoms with van der Waals surface area (Å²) >= 11 is 8.55. The molecule has 2 saturated heterocycles. The van der Waals surface area contributed by atoms with E-state index in [-0.39, 0.29) is 12.2 Å². The number of allylic oxidation sites excluding steroid dienone is 2. The van der Waals surface area contributed by atoms with Gasteiger partial charge in [-0.25, -0.2) is 4.79 Å². The number of carbonyl (C=O) groups excluding carboxylic acids is 1. The highest BCUT2D eigenvalue weighted by Gasteiger charge is 2.43. The standard InChI is InChI=1S/C24H27ClN4O2S/c1-16-6-7-17-18-14-27(20-5-3-2-4-19(20)25)15-21-28(23(18)32-22(16)17)8-9-29(21)24(30)26-10-12-31-13-11-26/h2-6,21H,7-15H2,1H3. The molecule has 0 spiro atoms. The van der Waals surface area contributed by atoms with E-state index in [9.17, 15) is 4.79 Å². The lowest BCUT2D eigenvalue weighted by molar-refractivity contribution is 0.0425. The normalized spacial score (nSPS) is 22.4. The summed E-state index contributed by atoms with van der Waals surface area (Å²) in [6, 6.07) is 8.19. The molecule has 0 N–H and O–H groups in total. The number of ether oxygens (including phenoxy) is 1. The molecule has 1 aliphatic carbocycles. The average Bonchev–Trinajstić information content (AvgIpc) is 3.46. The Hall–Kier alpha value is -2.22. The van der Waals surface area contributed by atoms with Gasteiger partial charge in [-0.2, -0.15) is 0 Å². The van der Waals surface area contributed by atoms with Crippen LogP contribution in [0.25, 0.3) is 5.57 Å². The fraction of sp³-hybridized carbons (Fsp3) is 0.458. The molecular weight excluding hydrogens is 444 g/mol. The van der Waals surface area contributed by atoms with Gasteiger partial charge in [0.15, 0.2) is 0 Å². The number of halogens is 1. The lowest BCUT2D eigenvalue weighted by Gasteiger charge is -2.37. The Kier molecular flexibility index (Phi) is 5.08. The van der Waals surface area contributed by atoms with Gasteiger partial charge in [0.1, 0.15) is 6.17 Å². The van der Waals surface area contributed by atoms with Crippen LogP contribution in [0.2, 0.25) is 5.02 Å². The highest BCUT2D eigenvalue weighted by atomic mass is 35.5. The van der Waals surface area contributed by atoms with Crippen molar-refractivity contribution in [3.63, 3.8) is 0 Å². The molecule has 0 radical (unpaired) electrons. The van der Waals surface area contributed by atoms with Crippen LogP contribution in [-0.4, -0.2) is 67.9 Å². The fourth-order valence-corrected chi connectivity index (χ4v) is 7.05. The van der Waals surface area contributed by atoms with Crippen molar-refractivity contribution < 1.29 is 9.53 Å². The first-order valence-corrected chi connectivity index (χ1v) is 12.5. The first-order valence-electron chi connectivity index (χ1n) is 11.3. The number of thiophene rings is 1. The maximum atomic E-state index is 13.5. The minimum Gasteiger partial charge on any atom is -0.378 e. The number of hydrogen-bond acceptors (Lipinski definition) is 5. The Morgan fingerprint density at radius 2 is 1.94 bits per heavy atom. The zero-order valence-corrected chi connectivity index (χ0v) is 19.8. The lowest BCUT2D eigenvalue weighted by Crippen LogP contribution is -2.54. The molecule has 0 saturated carbocycles. The Balaban J connectivity index is 1.41. The third-order valence-electron chi connectivity index (χ3n) is 7.08. The Morgan fingerprint density at radius 3 is 2.75 bits per heavy atom. The van der Waals surface area contributed by atoms with Crippen LogP contribution in [0.5, 0.6) is 0 Å². The van der Waals surface area contributed by atoms with Gasteiger partial charge in [-0.1, -0.05) is 29.8 Å². The van der Waals surface area contributed by atoms with E-state index in [4.69, 9.17) is 16.3 Å². The lowest BCUT2D eigenvalue weighted by atomic mass is 10.1. The van der Waals surface area contributed by atoms with Crippen LogP contribution in [-0.2, 0) is 17.7 Å². The molecule has 3 aliphatic heterocycles. The number of carbonyl (C=O) groups is 1. The van der Waals surface area contributed by atoms with Gasteiger partial charge in [-0.3, -0.25) is 0 Å². The second-order valence-corrected chi connectivity index (χ2v) is 10.3. The first-order chi connectivity index (χ1) is 15.6. The van der Waals surface area contributed by atoms with Gasteiger partial charge in [0.05, 0.1) is 35.5 Å². The second kappa shape index (κ2) is 7.97. The highest BCUT2D eigenvalue weighted by Crippen LogP contribution is 2.47. The van der Waals surface area contributed by atoms with Crippen LogP contribution < -0.4 is 9.80 Å². The molecular formula is C24H27ClN4O2S. The molecule has 1 unspecified atom stereocenters. The van der Waals surface area contributed by atoms with Crippen LogP contribution in [0.4, 0.5) is 15.5 Å². The number of anilines is 2. The molecule has 2 aromatic rings. The number of nitrogens with zero attached hydrogens (tertiary/aromatic N) is 4. The van der Waals surface area contributed by atoms with Crippen LogP contribution in [0.15, 0.2) is 30.3 Å². The maximum absolute atomic E-state index is 13.5. The van der Waals surface area contributed by atoms with E-state index < -0.39 is 0 Å². The molecule has 168 valence electrons. The molecule has 1 aromatic carbocycles. The van der Waals surface area contributed by atoms with Gasteiger partial charge in [-0.05, 0) is 36.6 Å². The number of rotatable bonds is 1. The predicted octanol–water partition coefficient (Wildman–Crippen LogP) is 4.28. The zero-order valence-electron chi connectivity index (χ0n) is 18.2. The van der Waals surface area contributed by atoms with E-state index in [2.05, 4.69) is 33.8 Å². The van der Waals surface area contributed by atoms with Crippen molar-refractivity contribution >= 4 is 45.2 Å². The summed E-state index contributed by atoms with van der Waals surface area (Å²) in [5.74, 6) is 0. The first kappa shape index (κ1) is 20.4. The predicted molar refractivity (Wildman–Crippen MR) is 130 cm³/mol. The largest absolute Gasteiger partial charge is 0.378 e. The number of hydrogen-bond donors (Lipinski definition) is 0. The topological polar surface area (TPSA) is 39.3 Å². The van der Waals surface area contributed by atoms with Gasteiger partial charge in [-0.15, -0.1) is 11.3 Å². The van der Waals surface area contributed by atoms with Gasteiger partial charge in [0.2, 0.25) is 0 Å². The van der Waals surface area contributed by atoms with E-state index >= 15 is 0 Å². The van der Waals surface area contributed by atoms with E-state index in [1.807, 2.05) is 34.4 Å². The van der Waals surface area contributed by atoms with Crippen LogP contribution >= 0.6 is 22.9 Å². The summed E-state index contributed by atoms with van der Waals surface area (Å²) in [5, 5.41) is 2.09. The molecule has 0 bridgehead atoms. The smallest absolute Gasteiger partial charge is 0.321 e. The van der Waals surface area contributed by atoms with Crippen LogP contribution in [0, 0.1) is 0 Å². The molecule has 1 atom stereocenters. The minimum absolute atomic E-state index is 0.00840. The number of urea groups is 1. The molecule has 4 heterocycles. The van der Waals surface area contributed by atoms with Crippen molar-refractivity contribution in [1.29, 1.82) is 0 Å². The summed E-state index contributed by atoms with van der Waals surface area (Å²) in [4.78, 5) is 23.8. The molecule has 2 fully saturated rings. The van der Waals surface area contributed by atoms with Crippen molar-refractivity contribution in [3.05, 3.63) is 51.4 Å². The minimum atomic E-state index is -0.00840. The summed E-state index contributed by atoms with van der Waals surface area (Å²) in [5.41, 5.74) is 5.27. The van der Waals surface area contributed by atoms with Crippen molar-refractivity contribution in [1.82, 2.24) is 9.80 Å². The molecule has 8 heteroatoms. The number of fused-ring (bicyclic) bond motifs is 5. The number of para-hydroxylation sites is 1. The average molecular weight is 471 g/mol. The maximum Gasteiger partial charge on any atom is 0.321 e. The summed E-state index contributed by atoms with van der Waals surface area (Å²) in [6.45, 7) is 7.95. The van der Waals surface area contributed by atoms with Gasteiger partial charge in [0.25, 0.3) is 0 Å². The molecule has 32 heavy (non-hydrogen) atoms. The van der Waals surface area contributed by atoms with Crippen molar-refractivity contribution in [2.75, 3.05) is 55.7 Å². The van der Waals surface area contributed by atoms with Gasteiger partial charge >= 0.3 is 6.03 Å². The molecule has 4 aliphatic rings. The molecule has 6 rings (SSSR count). The van der Waals surface area contributed by atoms with Gasteiger partial charge in [0, 0.05) is 43.2 Å². The monoisotopic (exact) mass is 470 g/mol. The van der Waals surface area contributed by atoms with Crippen LogP contribution in [0.3, 0.4) is 0 Å². The van der Waals surface area contributed by atoms with Crippen molar-refractivity contribution in [2.24, 2.45) is 0 Å². The van der Waals surface area contributed by atoms with E-state index in [1.54, 1.807) is 0 Å². The highest BCUT2D eigenvalue weighted by molar-refractivity contribution is 7.17. The van der Waals surface area contributed by atoms with E-state index in [1.165, 1.54) is 26.6 Å². The molecule has 1 aromatic heterocycles. The van der Waals surface area contributed by atoms with Crippen molar-refractivity contribution in [2.45, 2.75) is 26.1 Å². The van der Waals surface area contributed by atoms with Gasteiger partial charge < -0.3 is 24.3 Å².